The van der Waals surface area contributed by atoms with Crippen molar-refractivity contribution in [1.29, 1.82) is 0 Å². The smallest absolute Gasteiger partial charge is 0.328 e. The molecule has 1 aromatic heterocycles. The molecule has 0 fully saturated rings. The predicted octanol–water partition coefficient (Wildman–Crippen LogP) is 7.47. The van der Waals surface area contributed by atoms with Gasteiger partial charge < -0.3 is 9.94 Å². The topological polar surface area (TPSA) is 36.2 Å². The van der Waals surface area contributed by atoms with E-state index in [1.54, 1.807) is 12.1 Å². The fraction of sp³-hybridized carbons (Fsp3) is 0.783. The van der Waals surface area contributed by atoms with Gasteiger partial charge in [-0.1, -0.05) is 97.3 Å². The Labute approximate surface area is 172 Å². The normalized spacial score (nSPS) is 11.3. The van der Waals surface area contributed by atoms with Crippen molar-refractivity contribution in [3.63, 3.8) is 0 Å². The summed E-state index contributed by atoms with van der Waals surface area (Å²) in [6, 6.07) is 3.39. The Morgan fingerprint density at radius 3 is 1.85 bits per heavy atom. The van der Waals surface area contributed by atoms with Gasteiger partial charge in [0.2, 0.25) is 5.75 Å². The molecule has 1 heterocycles. The molecule has 0 amide bonds. The van der Waals surface area contributed by atoms with Crippen LogP contribution in [-0.4, -0.2) is 6.61 Å². The van der Waals surface area contributed by atoms with Crippen molar-refractivity contribution >= 4 is 11.6 Å². The van der Waals surface area contributed by atoms with Crippen molar-refractivity contribution in [3.8, 4) is 5.75 Å². The van der Waals surface area contributed by atoms with Crippen molar-refractivity contribution in [1.82, 2.24) is 0 Å². The van der Waals surface area contributed by atoms with Gasteiger partial charge in [0.15, 0.2) is 6.20 Å². The van der Waals surface area contributed by atoms with Gasteiger partial charge in [-0.3, -0.25) is 0 Å². The van der Waals surface area contributed by atoms with Crippen LogP contribution in [0.15, 0.2) is 18.3 Å². The van der Waals surface area contributed by atoms with Crippen LogP contribution in [0.2, 0.25) is 5.15 Å². The quantitative estimate of drug-likeness (QED) is 0.118. The van der Waals surface area contributed by atoms with E-state index in [1.165, 1.54) is 89.7 Å². The number of ether oxygens (including phenoxy) is 1. The molecule has 0 aliphatic rings. The lowest BCUT2D eigenvalue weighted by atomic mass is 10.0. The zero-order chi connectivity index (χ0) is 19.7. The van der Waals surface area contributed by atoms with E-state index in [2.05, 4.69) is 13.8 Å². The Kier molecular flexibility index (Phi) is 14.3. The molecule has 0 saturated carbocycles. The number of halogens is 1. The number of hydrogen-bond acceptors (Lipinski definition) is 2. The fourth-order valence-electron chi connectivity index (χ4n) is 3.34. The second-order valence-corrected chi connectivity index (χ2v) is 8.47. The van der Waals surface area contributed by atoms with E-state index in [4.69, 9.17) is 16.3 Å². The lowest BCUT2D eigenvalue weighted by Crippen LogP contribution is -2.26. The Balaban J connectivity index is 1.80. The summed E-state index contributed by atoms with van der Waals surface area (Å²) >= 11 is 5.89. The molecule has 1 rings (SSSR count). The van der Waals surface area contributed by atoms with E-state index >= 15 is 0 Å². The average Bonchev–Trinajstić information content (AvgIpc) is 2.64. The van der Waals surface area contributed by atoms with Crippen LogP contribution >= 0.6 is 11.6 Å². The van der Waals surface area contributed by atoms with Crippen LogP contribution in [-0.2, 0) is 0 Å². The number of nitrogens with zero attached hydrogens (tertiary/aromatic N) is 1. The van der Waals surface area contributed by atoms with Gasteiger partial charge in [0.1, 0.15) is 0 Å². The summed E-state index contributed by atoms with van der Waals surface area (Å²) in [7, 11) is 0. The maximum Gasteiger partial charge on any atom is 0.328 e. The lowest BCUT2D eigenvalue weighted by Gasteiger charge is -2.07. The molecule has 0 aromatic carbocycles. The molecule has 1 aromatic rings. The van der Waals surface area contributed by atoms with E-state index in [0.29, 0.717) is 17.1 Å². The van der Waals surface area contributed by atoms with Crippen LogP contribution in [0.5, 0.6) is 5.75 Å². The van der Waals surface area contributed by atoms with Gasteiger partial charge in [0, 0.05) is 6.07 Å². The van der Waals surface area contributed by atoms with Crippen molar-refractivity contribution in [2.75, 3.05) is 6.61 Å². The SMILES string of the molecule is CC(C)CCCCCCCCCCCCCCCOc1ccc[n+]([O-])c1Cl. The standard InChI is InChI=1S/C23H40ClNO2/c1-21(2)17-14-12-10-8-6-4-3-5-7-9-11-13-15-20-27-22-18-16-19-25(26)23(22)24/h16,18-19,21H,3-15,17,20H2,1-2H3. The highest BCUT2D eigenvalue weighted by molar-refractivity contribution is 6.29. The van der Waals surface area contributed by atoms with E-state index in [0.717, 1.165) is 12.3 Å². The number of rotatable bonds is 17. The molecule has 0 spiro atoms. The van der Waals surface area contributed by atoms with Crippen molar-refractivity contribution in [2.45, 2.75) is 104 Å². The summed E-state index contributed by atoms with van der Waals surface area (Å²) in [5, 5.41) is 11.4. The molecule has 0 aliphatic heterocycles. The predicted molar refractivity (Wildman–Crippen MR) is 115 cm³/mol. The van der Waals surface area contributed by atoms with Gasteiger partial charge in [-0.25, -0.2) is 0 Å². The van der Waals surface area contributed by atoms with Crippen LogP contribution in [0.3, 0.4) is 0 Å². The molecule has 0 atom stereocenters. The fourth-order valence-corrected chi connectivity index (χ4v) is 3.51. The molecule has 0 saturated heterocycles. The molecule has 0 N–H and O–H groups in total. The first-order chi connectivity index (χ1) is 13.1. The van der Waals surface area contributed by atoms with E-state index < -0.39 is 0 Å². The van der Waals surface area contributed by atoms with Crippen LogP contribution in [0.25, 0.3) is 0 Å². The first-order valence-electron chi connectivity index (χ1n) is 11.1. The molecule has 0 radical (unpaired) electrons. The summed E-state index contributed by atoms with van der Waals surface area (Å²) < 4.78 is 6.21. The largest absolute Gasteiger partial charge is 0.618 e. The third-order valence-electron chi connectivity index (χ3n) is 5.05. The zero-order valence-corrected chi connectivity index (χ0v) is 18.3. The minimum Gasteiger partial charge on any atom is -0.618 e. The van der Waals surface area contributed by atoms with Gasteiger partial charge in [-0.2, -0.15) is 4.73 Å². The highest BCUT2D eigenvalue weighted by Crippen LogP contribution is 2.19. The Hall–Kier alpha value is -0.960. The minimum absolute atomic E-state index is 0.119. The third kappa shape index (κ3) is 12.9. The number of pyridine rings is 1. The number of aromatic nitrogens is 1. The van der Waals surface area contributed by atoms with Gasteiger partial charge in [0.05, 0.1) is 6.61 Å². The number of unbranched alkanes of at least 4 members (excludes halogenated alkanes) is 12. The zero-order valence-electron chi connectivity index (χ0n) is 17.6. The van der Waals surface area contributed by atoms with Gasteiger partial charge in [0.25, 0.3) is 0 Å². The molecule has 27 heavy (non-hydrogen) atoms. The summed E-state index contributed by atoms with van der Waals surface area (Å²) in [5.74, 6) is 1.35. The summed E-state index contributed by atoms with van der Waals surface area (Å²) in [6.07, 6.45) is 20.2. The first-order valence-corrected chi connectivity index (χ1v) is 11.5. The van der Waals surface area contributed by atoms with Gasteiger partial charge in [-0.15, -0.1) is 0 Å². The Morgan fingerprint density at radius 2 is 1.33 bits per heavy atom. The van der Waals surface area contributed by atoms with Crippen LogP contribution in [0.1, 0.15) is 104 Å². The molecule has 0 aliphatic carbocycles. The minimum atomic E-state index is 0.119. The second-order valence-electron chi connectivity index (χ2n) is 8.12. The molecule has 156 valence electrons. The van der Waals surface area contributed by atoms with E-state index in [-0.39, 0.29) is 5.15 Å². The molecular weight excluding hydrogens is 358 g/mol. The monoisotopic (exact) mass is 397 g/mol. The Bertz CT molecular complexity index is 479. The third-order valence-corrected chi connectivity index (χ3v) is 5.40. The maximum atomic E-state index is 11.3. The van der Waals surface area contributed by atoms with Crippen LogP contribution in [0.4, 0.5) is 0 Å². The molecular formula is C23H40ClNO2. The number of hydrogen-bond donors (Lipinski definition) is 0. The second kappa shape index (κ2) is 16.0. The summed E-state index contributed by atoms with van der Waals surface area (Å²) in [4.78, 5) is 0. The maximum absolute atomic E-state index is 11.3. The molecule has 0 unspecified atom stereocenters. The summed E-state index contributed by atoms with van der Waals surface area (Å²) in [5.41, 5.74) is 0. The van der Waals surface area contributed by atoms with Gasteiger partial charge >= 0.3 is 5.15 Å². The van der Waals surface area contributed by atoms with Crippen molar-refractivity contribution in [3.05, 3.63) is 28.7 Å². The van der Waals surface area contributed by atoms with Gasteiger partial charge in [-0.05, 0) is 30.0 Å². The first kappa shape index (κ1) is 24.1. The van der Waals surface area contributed by atoms with Crippen LogP contribution < -0.4 is 9.47 Å². The highest BCUT2D eigenvalue weighted by atomic mass is 35.5. The van der Waals surface area contributed by atoms with E-state index in [1.807, 2.05) is 0 Å². The summed E-state index contributed by atoms with van der Waals surface area (Å²) in [6.45, 7) is 5.26. The molecule has 3 nitrogen and oxygen atoms in total. The average molecular weight is 398 g/mol. The van der Waals surface area contributed by atoms with E-state index in [9.17, 15) is 5.21 Å². The highest BCUT2D eigenvalue weighted by Gasteiger charge is 2.09. The molecule has 0 bridgehead atoms. The van der Waals surface area contributed by atoms with Crippen molar-refractivity contribution in [2.24, 2.45) is 5.92 Å². The van der Waals surface area contributed by atoms with Crippen molar-refractivity contribution < 1.29 is 9.47 Å². The molecule has 4 heteroatoms. The Morgan fingerprint density at radius 1 is 0.852 bits per heavy atom. The lowest BCUT2D eigenvalue weighted by molar-refractivity contribution is -0.603. The van der Waals surface area contributed by atoms with Crippen LogP contribution in [0, 0.1) is 11.1 Å².